The summed E-state index contributed by atoms with van der Waals surface area (Å²) in [5.41, 5.74) is 6.09. The van der Waals surface area contributed by atoms with Gasteiger partial charge >= 0.3 is 0 Å². The summed E-state index contributed by atoms with van der Waals surface area (Å²) in [5, 5.41) is 2.08. The number of carbonyl (C=O) groups excluding carboxylic acids is 1. The molecule has 25 heavy (non-hydrogen) atoms. The molecule has 1 fully saturated rings. The van der Waals surface area contributed by atoms with Crippen LogP contribution in [0.3, 0.4) is 0 Å². The zero-order chi connectivity index (χ0) is 16.7. The molecule has 2 rings (SSSR count). The first kappa shape index (κ1) is 24.7. The van der Waals surface area contributed by atoms with Gasteiger partial charge in [0.2, 0.25) is 5.91 Å². The predicted molar refractivity (Wildman–Crippen MR) is 112 cm³/mol. The molecule has 1 aromatic heterocycles. The number of nitrogens with two attached hydrogens (primary N) is 1. The first-order valence-electron chi connectivity index (χ1n) is 8.93. The average molecular weight is 410 g/mol. The van der Waals surface area contributed by atoms with Gasteiger partial charge in [0.1, 0.15) is 0 Å². The molecule has 0 bridgehead atoms. The second kappa shape index (κ2) is 12.9. The van der Waals surface area contributed by atoms with Crippen molar-refractivity contribution in [2.75, 3.05) is 26.2 Å². The van der Waals surface area contributed by atoms with Crippen molar-refractivity contribution in [3.05, 3.63) is 22.4 Å². The maximum atomic E-state index is 13.0. The van der Waals surface area contributed by atoms with Crippen LogP contribution in [0.15, 0.2) is 17.5 Å². The van der Waals surface area contributed by atoms with E-state index in [1.807, 2.05) is 0 Å². The highest BCUT2D eigenvalue weighted by atomic mass is 35.5. The standard InChI is InChI=1S/C18H31N3OS.2ClH/c1-3-20(4-2)10-11-21(14-17-9-6-12-23-17)18(22)15-7-5-8-16(19)13-15;;/h6,9,12,15-16H,3-5,7-8,10-11,13-14,19H2,1-2H3;2*1H. The lowest BCUT2D eigenvalue weighted by atomic mass is 9.85. The molecule has 1 amide bonds. The van der Waals surface area contributed by atoms with Gasteiger partial charge in [-0.25, -0.2) is 0 Å². The van der Waals surface area contributed by atoms with Crippen molar-refractivity contribution in [3.8, 4) is 0 Å². The number of hydrogen-bond donors (Lipinski definition) is 1. The Hall–Kier alpha value is -0.330. The third kappa shape index (κ3) is 7.83. The number of carbonyl (C=O) groups is 1. The Labute approximate surface area is 169 Å². The molecule has 1 aromatic rings. The summed E-state index contributed by atoms with van der Waals surface area (Å²) in [6.45, 7) is 8.92. The van der Waals surface area contributed by atoms with E-state index in [1.165, 1.54) is 4.88 Å². The van der Waals surface area contributed by atoms with Crippen molar-refractivity contribution in [1.29, 1.82) is 0 Å². The van der Waals surface area contributed by atoms with Gasteiger partial charge in [-0.15, -0.1) is 36.2 Å². The van der Waals surface area contributed by atoms with E-state index in [-0.39, 0.29) is 36.8 Å². The molecule has 7 heteroatoms. The highest BCUT2D eigenvalue weighted by Gasteiger charge is 2.29. The fraction of sp³-hybridized carbons (Fsp3) is 0.722. The number of hydrogen-bond acceptors (Lipinski definition) is 4. The van der Waals surface area contributed by atoms with E-state index in [9.17, 15) is 4.79 Å². The smallest absolute Gasteiger partial charge is 0.226 e. The van der Waals surface area contributed by atoms with Gasteiger partial charge in [0, 0.05) is 29.9 Å². The van der Waals surface area contributed by atoms with E-state index in [4.69, 9.17) is 5.73 Å². The molecule has 0 spiro atoms. The molecule has 1 saturated carbocycles. The maximum Gasteiger partial charge on any atom is 0.226 e. The Morgan fingerprint density at radius 3 is 2.52 bits per heavy atom. The summed E-state index contributed by atoms with van der Waals surface area (Å²) in [7, 11) is 0. The van der Waals surface area contributed by atoms with Crippen LogP contribution in [-0.2, 0) is 11.3 Å². The predicted octanol–water partition coefficient (Wildman–Crippen LogP) is 3.78. The van der Waals surface area contributed by atoms with Crippen molar-refractivity contribution in [3.63, 3.8) is 0 Å². The molecule has 1 aliphatic rings. The topological polar surface area (TPSA) is 49.6 Å². The van der Waals surface area contributed by atoms with Crippen LogP contribution in [0.1, 0.15) is 44.4 Å². The molecule has 2 atom stereocenters. The van der Waals surface area contributed by atoms with Crippen LogP contribution in [0.2, 0.25) is 0 Å². The van der Waals surface area contributed by atoms with Crippen molar-refractivity contribution in [2.45, 2.75) is 52.1 Å². The van der Waals surface area contributed by atoms with Crippen LogP contribution < -0.4 is 5.73 Å². The molecule has 0 aliphatic heterocycles. The highest BCUT2D eigenvalue weighted by Crippen LogP contribution is 2.26. The zero-order valence-corrected chi connectivity index (χ0v) is 17.8. The van der Waals surface area contributed by atoms with E-state index >= 15 is 0 Å². The molecule has 2 N–H and O–H groups in total. The molecule has 0 saturated heterocycles. The van der Waals surface area contributed by atoms with Gasteiger partial charge < -0.3 is 15.5 Å². The van der Waals surface area contributed by atoms with Gasteiger partial charge in [-0.2, -0.15) is 0 Å². The number of likely N-dealkylation sites (N-methyl/N-ethyl adjacent to an activating group) is 1. The van der Waals surface area contributed by atoms with Gasteiger partial charge in [0.25, 0.3) is 0 Å². The second-order valence-corrected chi connectivity index (χ2v) is 7.52. The van der Waals surface area contributed by atoms with Crippen molar-refractivity contribution in [2.24, 2.45) is 11.7 Å². The second-order valence-electron chi connectivity index (χ2n) is 6.49. The summed E-state index contributed by atoms with van der Waals surface area (Å²) in [4.78, 5) is 18.7. The van der Waals surface area contributed by atoms with Crippen LogP contribution in [0.5, 0.6) is 0 Å². The monoisotopic (exact) mass is 409 g/mol. The number of halogens is 2. The lowest BCUT2D eigenvalue weighted by Crippen LogP contribution is -2.43. The van der Waals surface area contributed by atoms with Gasteiger partial charge in [-0.3, -0.25) is 4.79 Å². The van der Waals surface area contributed by atoms with Gasteiger partial charge in [-0.05, 0) is 43.8 Å². The average Bonchev–Trinajstić information content (AvgIpc) is 3.07. The summed E-state index contributed by atoms with van der Waals surface area (Å²) in [5.74, 6) is 0.427. The van der Waals surface area contributed by atoms with Crippen LogP contribution >= 0.6 is 36.2 Å². The van der Waals surface area contributed by atoms with Gasteiger partial charge in [0.05, 0.1) is 6.54 Å². The van der Waals surface area contributed by atoms with Gasteiger partial charge in [0.15, 0.2) is 0 Å². The lowest BCUT2D eigenvalue weighted by molar-refractivity contribution is -0.137. The minimum Gasteiger partial charge on any atom is -0.336 e. The SMILES string of the molecule is CCN(CC)CCN(Cc1cccs1)C(=O)C1CCCC(N)C1.Cl.Cl. The Bertz CT molecular complexity index is 469. The highest BCUT2D eigenvalue weighted by molar-refractivity contribution is 7.09. The van der Waals surface area contributed by atoms with E-state index in [2.05, 4.69) is 41.2 Å². The van der Waals surface area contributed by atoms with E-state index < -0.39 is 0 Å². The molecular weight excluding hydrogens is 377 g/mol. The normalized spacial score (nSPS) is 19.8. The molecule has 146 valence electrons. The van der Waals surface area contributed by atoms with Crippen molar-refractivity contribution in [1.82, 2.24) is 9.80 Å². The third-order valence-electron chi connectivity index (χ3n) is 4.88. The molecule has 1 heterocycles. The molecule has 1 aliphatic carbocycles. The van der Waals surface area contributed by atoms with E-state index in [0.29, 0.717) is 5.91 Å². The Morgan fingerprint density at radius 1 is 1.24 bits per heavy atom. The largest absolute Gasteiger partial charge is 0.336 e. The lowest BCUT2D eigenvalue weighted by Gasteiger charge is -2.32. The van der Waals surface area contributed by atoms with Crippen molar-refractivity contribution >= 4 is 42.1 Å². The Balaban J connectivity index is 0.00000288. The first-order chi connectivity index (χ1) is 11.1. The summed E-state index contributed by atoms with van der Waals surface area (Å²) in [6.07, 6.45) is 4.00. The van der Waals surface area contributed by atoms with Crippen LogP contribution in [-0.4, -0.2) is 47.9 Å². The fourth-order valence-electron chi connectivity index (χ4n) is 3.37. The summed E-state index contributed by atoms with van der Waals surface area (Å²) >= 11 is 1.73. The fourth-order valence-corrected chi connectivity index (χ4v) is 4.09. The Morgan fingerprint density at radius 2 is 1.96 bits per heavy atom. The van der Waals surface area contributed by atoms with E-state index in [0.717, 1.165) is 58.4 Å². The van der Waals surface area contributed by atoms with Crippen LogP contribution in [0, 0.1) is 5.92 Å². The number of amides is 1. The number of nitrogens with zero attached hydrogens (tertiary/aromatic N) is 2. The minimum absolute atomic E-state index is 0. The molecule has 2 unspecified atom stereocenters. The van der Waals surface area contributed by atoms with Crippen LogP contribution in [0.4, 0.5) is 0 Å². The quantitative estimate of drug-likeness (QED) is 0.710. The number of rotatable bonds is 8. The summed E-state index contributed by atoms with van der Waals surface area (Å²) < 4.78 is 0. The van der Waals surface area contributed by atoms with Crippen molar-refractivity contribution < 1.29 is 4.79 Å². The third-order valence-corrected chi connectivity index (χ3v) is 5.74. The molecule has 4 nitrogen and oxygen atoms in total. The molecule has 0 aromatic carbocycles. The van der Waals surface area contributed by atoms with E-state index in [1.54, 1.807) is 11.3 Å². The van der Waals surface area contributed by atoms with Gasteiger partial charge in [-0.1, -0.05) is 26.3 Å². The van der Waals surface area contributed by atoms with Crippen LogP contribution in [0.25, 0.3) is 0 Å². The minimum atomic E-state index is 0. The first-order valence-corrected chi connectivity index (χ1v) is 9.81. The maximum absolute atomic E-state index is 13.0. The molecular formula is C18H33Cl2N3OS. The zero-order valence-electron chi connectivity index (χ0n) is 15.4. The summed E-state index contributed by atoms with van der Waals surface area (Å²) in [6, 6.07) is 4.38. The molecule has 0 radical (unpaired) electrons. The number of thiophene rings is 1. The Kier molecular flexibility index (Phi) is 12.8.